The van der Waals surface area contributed by atoms with Crippen LogP contribution in [0.3, 0.4) is 0 Å². The highest BCUT2D eigenvalue weighted by atomic mass is 16.5. The Hall–Kier alpha value is -2.98. The summed E-state index contributed by atoms with van der Waals surface area (Å²) >= 11 is 0. The lowest BCUT2D eigenvalue weighted by molar-refractivity contribution is 0.193. The van der Waals surface area contributed by atoms with Crippen LogP contribution in [-0.2, 0) is 15.6 Å². The van der Waals surface area contributed by atoms with Crippen LogP contribution in [0.2, 0.25) is 0 Å². The number of rotatable bonds is 8. The highest BCUT2D eigenvalue weighted by molar-refractivity contribution is 5.87. The first-order chi connectivity index (χ1) is 17.3. The van der Waals surface area contributed by atoms with Crippen LogP contribution in [0.1, 0.15) is 76.6 Å². The zero-order valence-electron chi connectivity index (χ0n) is 24.2. The van der Waals surface area contributed by atoms with E-state index in [9.17, 15) is 10.2 Å². The van der Waals surface area contributed by atoms with Crippen molar-refractivity contribution in [3.63, 3.8) is 0 Å². The second-order valence-electron chi connectivity index (χ2n) is 12.3. The first-order valence-corrected chi connectivity index (χ1v) is 13.3. The quantitative estimate of drug-likeness (QED) is 0.302. The number of para-hydroxylation sites is 1. The van der Waals surface area contributed by atoms with Gasteiger partial charge >= 0.3 is 0 Å². The van der Waals surface area contributed by atoms with E-state index in [-0.39, 0.29) is 10.8 Å². The summed E-state index contributed by atoms with van der Waals surface area (Å²) in [4.78, 5) is 2.21. The van der Waals surface area contributed by atoms with Gasteiger partial charge in [0.05, 0.1) is 5.69 Å². The highest BCUT2D eigenvalue weighted by Crippen LogP contribution is 2.47. The van der Waals surface area contributed by atoms with Gasteiger partial charge in [0.2, 0.25) is 0 Å². The van der Waals surface area contributed by atoms with E-state index in [4.69, 9.17) is 4.74 Å². The van der Waals surface area contributed by atoms with Crippen molar-refractivity contribution < 1.29 is 14.9 Å². The maximum Gasteiger partial charge on any atom is 0.142 e. The molecule has 4 heteroatoms. The monoisotopic (exact) mass is 503 g/mol. The zero-order chi connectivity index (χ0) is 27.5. The summed E-state index contributed by atoms with van der Waals surface area (Å²) in [7, 11) is 1.72. The van der Waals surface area contributed by atoms with Crippen LogP contribution in [0.15, 0.2) is 48.5 Å². The Morgan fingerprint density at radius 3 is 1.86 bits per heavy atom. The molecule has 0 saturated carbocycles. The molecular formula is C33H45NO3. The molecule has 0 aromatic heterocycles. The van der Waals surface area contributed by atoms with Gasteiger partial charge in [-0.25, -0.2) is 0 Å². The molecule has 0 heterocycles. The van der Waals surface area contributed by atoms with E-state index in [1.165, 1.54) is 0 Å². The van der Waals surface area contributed by atoms with Crippen molar-refractivity contribution in [3.05, 3.63) is 70.8 Å². The minimum atomic E-state index is -0.206. The Bertz CT molecular complexity index is 1230. The molecule has 200 valence electrons. The van der Waals surface area contributed by atoms with Crippen LogP contribution >= 0.6 is 0 Å². The van der Waals surface area contributed by atoms with Gasteiger partial charge in [-0.1, -0.05) is 71.9 Å². The molecule has 3 aromatic rings. The molecule has 0 fully saturated rings. The van der Waals surface area contributed by atoms with E-state index in [2.05, 4.69) is 96.7 Å². The minimum Gasteiger partial charge on any atom is -0.507 e. The second kappa shape index (κ2) is 11.2. The lowest BCUT2D eigenvalue weighted by Gasteiger charge is -2.32. The largest absolute Gasteiger partial charge is 0.507 e. The van der Waals surface area contributed by atoms with Gasteiger partial charge in [-0.3, -0.25) is 0 Å². The molecule has 0 aliphatic rings. The standard InChI is InChI=1S/C33H45NO3/c1-22-18-25(30(35)26(19-22)32(3,4)5)24-14-10-11-15-28(24)34(16-12-13-17-37-9)29-21-23(2)20-27(31(29)36)33(6,7)8/h10-11,14-15,18-21,35-36H,12-13,16-17H2,1-9H3. The maximum absolute atomic E-state index is 11.6. The number of benzene rings is 3. The van der Waals surface area contributed by atoms with Gasteiger partial charge in [0.1, 0.15) is 11.5 Å². The number of aromatic hydroxyl groups is 2. The molecule has 0 radical (unpaired) electrons. The van der Waals surface area contributed by atoms with Crippen molar-refractivity contribution >= 4 is 11.4 Å². The van der Waals surface area contributed by atoms with Crippen molar-refractivity contribution in [3.8, 4) is 22.6 Å². The van der Waals surface area contributed by atoms with Crippen LogP contribution in [0.5, 0.6) is 11.5 Å². The Morgan fingerprint density at radius 2 is 1.27 bits per heavy atom. The number of hydrogen-bond acceptors (Lipinski definition) is 4. The van der Waals surface area contributed by atoms with Gasteiger partial charge in [-0.15, -0.1) is 0 Å². The predicted octanol–water partition coefficient (Wildman–Crippen LogP) is 8.54. The fraction of sp³-hybridized carbons (Fsp3) is 0.455. The topological polar surface area (TPSA) is 52.9 Å². The number of methoxy groups -OCH3 is 1. The molecule has 0 aliphatic heterocycles. The molecule has 4 nitrogen and oxygen atoms in total. The van der Waals surface area contributed by atoms with Crippen LogP contribution in [0.25, 0.3) is 11.1 Å². The molecule has 2 N–H and O–H groups in total. The molecule has 3 rings (SSSR count). The fourth-order valence-electron chi connectivity index (χ4n) is 4.92. The average molecular weight is 504 g/mol. The van der Waals surface area contributed by atoms with Crippen LogP contribution in [-0.4, -0.2) is 30.5 Å². The van der Waals surface area contributed by atoms with Crippen molar-refractivity contribution in [1.82, 2.24) is 0 Å². The summed E-state index contributed by atoms with van der Waals surface area (Å²) < 4.78 is 5.31. The van der Waals surface area contributed by atoms with Gasteiger partial charge in [0, 0.05) is 48.2 Å². The molecule has 0 bridgehead atoms. The smallest absolute Gasteiger partial charge is 0.142 e. The van der Waals surface area contributed by atoms with Gasteiger partial charge in [0.15, 0.2) is 0 Å². The Morgan fingerprint density at radius 1 is 0.703 bits per heavy atom. The van der Waals surface area contributed by atoms with Crippen molar-refractivity contribution in [1.29, 1.82) is 0 Å². The van der Waals surface area contributed by atoms with E-state index in [1.54, 1.807) is 7.11 Å². The van der Waals surface area contributed by atoms with Crippen LogP contribution < -0.4 is 4.90 Å². The van der Waals surface area contributed by atoms with E-state index >= 15 is 0 Å². The van der Waals surface area contributed by atoms with Gasteiger partial charge < -0.3 is 19.8 Å². The van der Waals surface area contributed by atoms with E-state index in [0.717, 1.165) is 57.6 Å². The average Bonchev–Trinajstić information content (AvgIpc) is 2.80. The molecule has 0 atom stereocenters. The summed E-state index contributed by atoms with van der Waals surface area (Å²) in [6.07, 6.45) is 1.81. The molecule has 37 heavy (non-hydrogen) atoms. The van der Waals surface area contributed by atoms with Gasteiger partial charge in [-0.2, -0.15) is 0 Å². The van der Waals surface area contributed by atoms with E-state index in [1.807, 2.05) is 12.1 Å². The van der Waals surface area contributed by atoms with Crippen LogP contribution in [0, 0.1) is 13.8 Å². The lowest BCUT2D eigenvalue weighted by Crippen LogP contribution is -2.22. The molecule has 0 unspecified atom stereocenters. The SMILES string of the molecule is COCCCCN(c1ccccc1-c1cc(C)cc(C(C)(C)C)c1O)c1cc(C)cc(C(C)(C)C)c1O. The Kier molecular flexibility index (Phi) is 8.64. The first kappa shape index (κ1) is 28.6. The number of phenolic OH excluding ortho intramolecular Hbond substituents is 2. The third-order valence-electron chi connectivity index (χ3n) is 6.86. The number of nitrogens with zero attached hydrogens (tertiary/aromatic N) is 1. The van der Waals surface area contributed by atoms with E-state index < -0.39 is 0 Å². The number of ether oxygens (including phenoxy) is 1. The molecule has 0 aliphatic carbocycles. The fourth-order valence-corrected chi connectivity index (χ4v) is 4.92. The maximum atomic E-state index is 11.6. The van der Waals surface area contributed by atoms with Gasteiger partial charge in [0.25, 0.3) is 0 Å². The molecular weight excluding hydrogens is 458 g/mol. The number of hydrogen-bond donors (Lipinski definition) is 2. The normalized spacial score (nSPS) is 12.1. The van der Waals surface area contributed by atoms with E-state index in [0.29, 0.717) is 24.7 Å². The second-order valence-corrected chi connectivity index (χ2v) is 12.3. The third kappa shape index (κ3) is 6.48. The van der Waals surface area contributed by atoms with Gasteiger partial charge in [-0.05, 0) is 66.8 Å². The Labute approximate surface area is 223 Å². The highest BCUT2D eigenvalue weighted by Gasteiger charge is 2.27. The van der Waals surface area contributed by atoms with Crippen molar-refractivity contribution in [2.45, 2.75) is 79.1 Å². The minimum absolute atomic E-state index is 0.198. The lowest BCUT2D eigenvalue weighted by atomic mass is 9.83. The van der Waals surface area contributed by atoms with Crippen molar-refractivity contribution in [2.75, 3.05) is 25.2 Å². The first-order valence-electron chi connectivity index (χ1n) is 13.3. The Balaban J connectivity index is 2.28. The van der Waals surface area contributed by atoms with Crippen LogP contribution in [0.4, 0.5) is 11.4 Å². The summed E-state index contributed by atoms with van der Waals surface area (Å²) in [6, 6.07) is 16.5. The predicted molar refractivity (Wildman–Crippen MR) is 157 cm³/mol. The molecule has 0 amide bonds. The summed E-state index contributed by atoms with van der Waals surface area (Å²) in [5.41, 5.74) is 7.16. The molecule has 0 spiro atoms. The zero-order valence-corrected chi connectivity index (χ0v) is 24.2. The number of unbranched alkanes of at least 4 members (excludes halogenated alkanes) is 1. The molecule has 0 saturated heterocycles. The summed E-state index contributed by atoms with van der Waals surface area (Å²) in [5.74, 6) is 0.622. The van der Waals surface area contributed by atoms with Crippen molar-refractivity contribution in [2.24, 2.45) is 0 Å². The summed E-state index contributed by atoms with van der Waals surface area (Å²) in [6.45, 7) is 18.3. The number of phenols is 2. The molecule has 3 aromatic carbocycles. The third-order valence-corrected chi connectivity index (χ3v) is 6.86. The number of aryl methyl sites for hydroxylation is 2. The summed E-state index contributed by atoms with van der Waals surface area (Å²) in [5, 5.41) is 23.1. The number of anilines is 2.